The molecule has 0 unspecified atom stereocenters. The lowest BCUT2D eigenvalue weighted by Crippen LogP contribution is -2.25. The van der Waals surface area contributed by atoms with Gasteiger partial charge in [0.05, 0.1) is 0 Å². The van der Waals surface area contributed by atoms with Gasteiger partial charge in [0, 0.05) is 49.8 Å². The van der Waals surface area contributed by atoms with Gasteiger partial charge in [-0.2, -0.15) is 0 Å². The molecule has 1 aromatic carbocycles. The molecule has 0 saturated heterocycles. The van der Waals surface area contributed by atoms with Crippen LogP contribution >= 0.6 is 0 Å². The fourth-order valence-electron chi connectivity index (χ4n) is 2.06. The third-order valence-electron chi connectivity index (χ3n) is 3.13. The van der Waals surface area contributed by atoms with Crippen molar-refractivity contribution < 1.29 is 0 Å². The predicted molar refractivity (Wildman–Crippen MR) is 82.3 cm³/mol. The third-order valence-corrected chi connectivity index (χ3v) is 3.13. The van der Waals surface area contributed by atoms with Crippen molar-refractivity contribution in [3.63, 3.8) is 0 Å². The third kappa shape index (κ3) is 3.19. The molecule has 1 rings (SSSR count). The first-order valence-corrected chi connectivity index (χ1v) is 6.61. The Morgan fingerprint density at radius 3 is 2.50 bits per heavy atom. The van der Waals surface area contributed by atoms with E-state index in [-0.39, 0.29) is 0 Å². The van der Waals surface area contributed by atoms with E-state index in [0.29, 0.717) is 0 Å². The van der Waals surface area contributed by atoms with Gasteiger partial charge in [-0.25, -0.2) is 0 Å². The summed E-state index contributed by atoms with van der Waals surface area (Å²) in [6.45, 7) is 10.6. The summed E-state index contributed by atoms with van der Waals surface area (Å²) in [5.74, 6) is 0. The fraction of sp³-hybridized carbons (Fsp3) is 0.467. The molecule has 0 saturated carbocycles. The highest BCUT2D eigenvalue weighted by Gasteiger charge is 2.11. The van der Waals surface area contributed by atoms with Gasteiger partial charge in [0.25, 0.3) is 0 Å². The lowest BCUT2D eigenvalue weighted by molar-refractivity contribution is 0.790. The first-order valence-electron chi connectivity index (χ1n) is 6.61. The zero-order valence-electron chi connectivity index (χ0n) is 12.0. The van der Waals surface area contributed by atoms with E-state index in [1.54, 1.807) is 0 Å². The van der Waals surface area contributed by atoms with Crippen molar-refractivity contribution in [1.29, 1.82) is 0 Å². The highest BCUT2D eigenvalue weighted by Crippen LogP contribution is 2.28. The van der Waals surface area contributed by atoms with E-state index in [9.17, 15) is 0 Å². The summed E-state index contributed by atoms with van der Waals surface area (Å²) in [6, 6.07) is 6.43. The average molecular weight is 247 g/mol. The van der Waals surface area contributed by atoms with Crippen LogP contribution in [0.15, 0.2) is 24.8 Å². The standard InChI is InChI=1S/C15H25N3/c1-6-10-18(7-2)15-9-8-13(17-5)11-14(15)12(3)16-4/h8-9,11,16-17H,3,6-7,10H2,1-2,4-5H3. The second-order valence-electron chi connectivity index (χ2n) is 4.29. The van der Waals surface area contributed by atoms with Gasteiger partial charge in [-0.05, 0) is 31.5 Å². The Kier molecular flexibility index (Phi) is 5.56. The number of nitrogens with one attached hydrogen (secondary N) is 2. The number of nitrogens with zero attached hydrogens (tertiary/aromatic N) is 1. The van der Waals surface area contributed by atoms with E-state index in [4.69, 9.17) is 0 Å². The lowest BCUT2D eigenvalue weighted by atomic mass is 10.1. The summed E-state index contributed by atoms with van der Waals surface area (Å²) in [4.78, 5) is 2.39. The van der Waals surface area contributed by atoms with Crippen LogP contribution in [0.2, 0.25) is 0 Å². The molecule has 0 aliphatic rings. The van der Waals surface area contributed by atoms with Crippen LogP contribution in [0.4, 0.5) is 11.4 Å². The molecular formula is C15H25N3. The van der Waals surface area contributed by atoms with E-state index >= 15 is 0 Å². The smallest absolute Gasteiger partial charge is 0.0461 e. The van der Waals surface area contributed by atoms with Gasteiger partial charge in [-0.15, -0.1) is 0 Å². The van der Waals surface area contributed by atoms with Gasteiger partial charge in [0.2, 0.25) is 0 Å². The Balaban J connectivity index is 3.19. The topological polar surface area (TPSA) is 27.3 Å². The molecule has 2 N–H and O–H groups in total. The van der Waals surface area contributed by atoms with Crippen LogP contribution in [0.5, 0.6) is 0 Å². The maximum Gasteiger partial charge on any atom is 0.0461 e. The van der Waals surface area contributed by atoms with Gasteiger partial charge < -0.3 is 15.5 Å². The van der Waals surface area contributed by atoms with Gasteiger partial charge in [-0.3, -0.25) is 0 Å². The minimum atomic E-state index is 0.955. The first-order chi connectivity index (χ1) is 8.67. The minimum Gasteiger partial charge on any atom is -0.388 e. The molecule has 0 atom stereocenters. The van der Waals surface area contributed by atoms with Gasteiger partial charge in [0.1, 0.15) is 0 Å². The Morgan fingerprint density at radius 1 is 1.28 bits per heavy atom. The molecule has 100 valence electrons. The number of hydrogen-bond acceptors (Lipinski definition) is 3. The Hall–Kier alpha value is -1.64. The van der Waals surface area contributed by atoms with E-state index in [1.807, 2.05) is 14.1 Å². The van der Waals surface area contributed by atoms with E-state index < -0.39 is 0 Å². The van der Waals surface area contributed by atoms with Crippen molar-refractivity contribution in [3.05, 3.63) is 30.3 Å². The number of hydrogen-bond donors (Lipinski definition) is 2. The van der Waals surface area contributed by atoms with Gasteiger partial charge >= 0.3 is 0 Å². The molecule has 3 heteroatoms. The molecule has 0 aliphatic carbocycles. The number of benzene rings is 1. The lowest BCUT2D eigenvalue weighted by Gasteiger charge is -2.26. The largest absolute Gasteiger partial charge is 0.388 e. The van der Waals surface area contributed by atoms with Crippen molar-refractivity contribution in [2.75, 3.05) is 37.4 Å². The van der Waals surface area contributed by atoms with Crippen molar-refractivity contribution in [1.82, 2.24) is 5.32 Å². The summed E-state index contributed by atoms with van der Waals surface area (Å²) >= 11 is 0. The van der Waals surface area contributed by atoms with Gasteiger partial charge in [0.15, 0.2) is 0 Å². The van der Waals surface area contributed by atoms with Crippen LogP contribution in [0.3, 0.4) is 0 Å². The quantitative estimate of drug-likeness (QED) is 0.775. The summed E-state index contributed by atoms with van der Waals surface area (Å²) in [5, 5.41) is 6.32. The number of rotatable bonds is 7. The summed E-state index contributed by atoms with van der Waals surface area (Å²) in [5.41, 5.74) is 4.48. The molecule has 0 radical (unpaired) electrons. The van der Waals surface area contributed by atoms with Crippen LogP contribution in [0, 0.1) is 0 Å². The molecule has 3 nitrogen and oxygen atoms in total. The maximum atomic E-state index is 4.09. The molecule has 0 heterocycles. The maximum absolute atomic E-state index is 4.09. The highest BCUT2D eigenvalue weighted by molar-refractivity contribution is 5.77. The summed E-state index contributed by atoms with van der Waals surface area (Å²) in [6.07, 6.45) is 1.15. The Labute approximate surface area is 111 Å². The van der Waals surface area contributed by atoms with E-state index in [2.05, 4.69) is 54.2 Å². The van der Waals surface area contributed by atoms with E-state index in [0.717, 1.165) is 30.9 Å². The van der Waals surface area contributed by atoms with Crippen LogP contribution in [0.25, 0.3) is 5.70 Å². The normalized spacial score (nSPS) is 10.0. The zero-order valence-corrected chi connectivity index (χ0v) is 12.0. The second-order valence-corrected chi connectivity index (χ2v) is 4.29. The van der Waals surface area contributed by atoms with Crippen molar-refractivity contribution in [3.8, 4) is 0 Å². The van der Waals surface area contributed by atoms with Crippen LogP contribution in [-0.4, -0.2) is 27.2 Å². The second kappa shape index (κ2) is 6.94. The monoisotopic (exact) mass is 247 g/mol. The van der Waals surface area contributed by atoms with Crippen LogP contribution in [-0.2, 0) is 0 Å². The molecule has 1 aromatic rings. The predicted octanol–water partition coefficient (Wildman–Crippen LogP) is 3.15. The van der Waals surface area contributed by atoms with Gasteiger partial charge in [-0.1, -0.05) is 13.5 Å². The highest BCUT2D eigenvalue weighted by atomic mass is 15.1. The molecule has 0 spiro atoms. The van der Waals surface area contributed by atoms with Crippen molar-refractivity contribution in [2.45, 2.75) is 20.3 Å². The Bertz CT molecular complexity index is 399. The number of anilines is 2. The van der Waals surface area contributed by atoms with Crippen LogP contribution in [0.1, 0.15) is 25.8 Å². The molecule has 18 heavy (non-hydrogen) atoms. The van der Waals surface area contributed by atoms with E-state index in [1.165, 1.54) is 11.3 Å². The summed E-state index contributed by atoms with van der Waals surface area (Å²) < 4.78 is 0. The first kappa shape index (κ1) is 14.4. The molecule has 0 bridgehead atoms. The molecule has 0 amide bonds. The van der Waals surface area contributed by atoms with Crippen molar-refractivity contribution >= 4 is 17.1 Å². The molecule has 0 aliphatic heterocycles. The SMILES string of the molecule is C=C(NC)c1cc(NC)ccc1N(CC)CCC. The Morgan fingerprint density at radius 2 is 2.00 bits per heavy atom. The summed E-state index contributed by atoms with van der Waals surface area (Å²) in [7, 11) is 3.85. The average Bonchev–Trinajstić information content (AvgIpc) is 2.43. The van der Waals surface area contributed by atoms with Crippen molar-refractivity contribution in [2.24, 2.45) is 0 Å². The molecular weight excluding hydrogens is 222 g/mol. The minimum absolute atomic E-state index is 0.955. The zero-order chi connectivity index (χ0) is 13.5. The van der Waals surface area contributed by atoms with Crippen LogP contribution < -0.4 is 15.5 Å². The molecule has 0 aromatic heterocycles. The fourth-order valence-corrected chi connectivity index (χ4v) is 2.06. The molecule has 0 fully saturated rings.